The van der Waals surface area contributed by atoms with E-state index in [0.717, 1.165) is 10.6 Å². The summed E-state index contributed by atoms with van der Waals surface area (Å²) in [6.45, 7) is 0.751. The van der Waals surface area contributed by atoms with Gasteiger partial charge < -0.3 is 9.52 Å². The molecule has 23 heavy (non-hydrogen) atoms. The van der Waals surface area contributed by atoms with Crippen LogP contribution >= 0.6 is 11.3 Å². The molecule has 0 aliphatic rings. The number of oxazole rings is 1. The molecule has 1 unspecified atom stereocenters. The van der Waals surface area contributed by atoms with Crippen molar-refractivity contribution in [2.45, 2.75) is 19.0 Å². The number of hydrogen-bond acceptors (Lipinski definition) is 5. The van der Waals surface area contributed by atoms with Gasteiger partial charge in [-0.2, -0.15) is 0 Å². The minimum absolute atomic E-state index is 0.137. The predicted molar refractivity (Wildman–Crippen MR) is 92.2 cm³/mol. The summed E-state index contributed by atoms with van der Waals surface area (Å²) >= 11 is 1.64. The standard InChI is InChI=1S/C18H20N2O2S/c1-20(15(9-10-21)14-6-3-2-4-7-14)13-18-19-12-16(22-18)17-8-5-11-23-17/h2-8,11-12,15,21H,9-10,13H2,1H3. The van der Waals surface area contributed by atoms with Gasteiger partial charge in [-0.15, -0.1) is 11.3 Å². The molecule has 0 amide bonds. The first-order valence-corrected chi connectivity index (χ1v) is 8.50. The number of aliphatic hydroxyl groups is 1. The fraction of sp³-hybridized carbons (Fsp3) is 0.278. The molecular formula is C18H20N2O2S. The van der Waals surface area contributed by atoms with E-state index in [9.17, 15) is 5.11 Å². The van der Waals surface area contributed by atoms with Crippen LogP contribution in [-0.4, -0.2) is 28.6 Å². The van der Waals surface area contributed by atoms with Gasteiger partial charge in [0.05, 0.1) is 17.6 Å². The number of rotatable bonds is 7. The third-order valence-corrected chi connectivity index (χ3v) is 4.71. The van der Waals surface area contributed by atoms with Gasteiger partial charge in [-0.05, 0) is 30.5 Å². The summed E-state index contributed by atoms with van der Waals surface area (Å²) in [5, 5.41) is 11.4. The maximum absolute atomic E-state index is 9.38. The van der Waals surface area contributed by atoms with Crippen molar-refractivity contribution in [2.75, 3.05) is 13.7 Å². The zero-order valence-corrected chi connectivity index (χ0v) is 13.9. The van der Waals surface area contributed by atoms with Crippen molar-refractivity contribution in [3.63, 3.8) is 0 Å². The molecule has 120 valence electrons. The normalized spacial score (nSPS) is 12.7. The van der Waals surface area contributed by atoms with Crippen molar-refractivity contribution in [1.82, 2.24) is 9.88 Å². The highest BCUT2D eigenvalue weighted by atomic mass is 32.1. The summed E-state index contributed by atoms with van der Waals surface area (Å²) in [6.07, 6.45) is 2.46. The lowest BCUT2D eigenvalue weighted by molar-refractivity contribution is 0.169. The van der Waals surface area contributed by atoms with Crippen LogP contribution in [0, 0.1) is 0 Å². The molecule has 3 rings (SSSR count). The van der Waals surface area contributed by atoms with Crippen molar-refractivity contribution in [2.24, 2.45) is 0 Å². The van der Waals surface area contributed by atoms with E-state index in [0.29, 0.717) is 18.9 Å². The molecule has 1 atom stereocenters. The summed E-state index contributed by atoms with van der Waals surface area (Å²) in [4.78, 5) is 7.63. The van der Waals surface area contributed by atoms with Crippen molar-refractivity contribution in [1.29, 1.82) is 0 Å². The van der Waals surface area contributed by atoms with Crippen LogP contribution in [0.15, 0.2) is 58.5 Å². The topological polar surface area (TPSA) is 49.5 Å². The third-order valence-electron chi connectivity index (χ3n) is 3.82. The maximum Gasteiger partial charge on any atom is 0.209 e. The minimum Gasteiger partial charge on any atom is -0.438 e. The molecular weight excluding hydrogens is 308 g/mol. The zero-order chi connectivity index (χ0) is 16.1. The molecule has 1 aromatic carbocycles. The minimum atomic E-state index is 0.137. The highest BCUT2D eigenvalue weighted by Gasteiger charge is 2.18. The Morgan fingerprint density at radius 2 is 2.04 bits per heavy atom. The van der Waals surface area contributed by atoms with Crippen LogP contribution in [0.4, 0.5) is 0 Å². The molecule has 4 nitrogen and oxygen atoms in total. The number of benzene rings is 1. The fourth-order valence-electron chi connectivity index (χ4n) is 2.68. The van der Waals surface area contributed by atoms with Crippen molar-refractivity contribution < 1.29 is 9.52 Å². The molecule has 0 bridgehead atoms. The summed E-state index contributed by atoms with van der Waals surface area (Å²) in [7, 11) is 2.03. The molecule has 1 N–H and O–H groups in total. The van der Waals surface area contributed by atoms with Crippen LogP contribution in [0.3, 0.4) is 0 Å². The van der Waals surface area contributed by atoms with Crippen LogP contribution in [0.1, 0.15) is 23.9 Å². The highest BCUT2D eigenvalue weighted by Crippen LogP contribution is 2.27. The summed E-state index contributed by atoms with van der Waals surface area (Å²) < 4.78 is 5.86. The van der Waals surface area contributed by atoms with E-state index < -0.39 is 0 Å². The quantitative estimate of drug-likeness (QED) is 0.713. The lowest BCUT2D eigenvalue weighted by Gasteiger charge is -2.26. The number of nitrogens with zero attached hydrogens (tertiary/aromatic N) is 2. The first-order valence-electron chi connectivity index (χ1n) is 7.62. The average molecular weight is 328 g/mol. The maximum atomic E-state index is 9.38. The molecule has 0 saturated heterocycles. The Bertz CT molecular complexity index is 710. The zero-order valence-electron chi connectivity index (χ0n) is 13.1. The predicted octanol–water partition coefficient (Wildman–Crippen LogP) is 3.96. The van der Waals surface area contributed by atoms with E-state index in [1.165, 1.54) is 5.56 Å². The van der Waals surface area contributed by atoms with Gasteiger partial charge >= 0.3 is 0 Å². The van der Waals surface area contributed by atoms with Gasteiger partial charge in [0.25, 0.3) is 0 Å². The third kappa shape index (κ3) is 3.88. The fourth-order valence-corrected chi connectivity index (χ4v) is 3.35. The number of aliphatic hydroxyl groups excluding tert-OH is 1. The van der Waals surface area contributed by atoms with Gasteiger partial charge in [-0.3, -0.25) is 4.90 Å². The van der Waals surface area contributed by atoms with E-state index in [1.54, 1.807) is 17.5 Å². The van der Waals surface area contributed by atoms with Crippen molar-refractivity contribution in [3.8, 4) is 10.6 Å². The molecule has 0 aliphatic carbocycles. The van der Waals surface area contributed by atoms with Crippen LogP contribution in [-0.2, 0) is 6.54 Å². The second-order valence-corrected chi connectivity index (χ2v) is 6.40. The average Bonchev–Trinajstić information content (AvgIpc) is 3.24. The van der Waals surface area contributed by atoms with Crippen molar-refractivity contribution >= 4 is 11.3 Å². The van der Waals surface area contributed by atoms with E-state index >= 15 is 0 Å². The van der Waals surface area contributed by atoms with E-state index in [4.69, 9.17) is 4.42 Å². The SMILES string of the molecule is CN(Cc1ncc(-c2cccs2)o1)C(CCO)c1ccccc1. The second kappa shape index (κ2) is 7.55. The van der Waals surface area contributed by atoms with Crippen LogP contribution in [0.5, 0.6) is 0 Å². The molecule has 2 heterocycles. The Hall–Kier alpha value is -1.95. The molecule has 0 radical (unpaired) electrons. The number of thiophene rings is 1. The van der Waals surface area contributed by atoms with E-state index in [-0.39, 0.29) is 12.6 Å². The van der Waals surface area contributed by atoms with Gasteiger partial charge in [0.2, 0.25) is 5.89 Å². The van der Waals surface area contributed by atoms with Crippen molar-refractivity contribution in [3.05, 3.63) is 65.5 Å². The Morgan fingerprint density at radius 3 is 2.74 bits per heavy atom. The lowest BCUT2D eigenvalue weighted by Crippen LogP contribution is -2.25. The Kier molecular flexibility index (Phi) is 5.23. The van der Waals surface area contributed by atoms with Crippen LogP contribution in [0.2, 0.25) is 0 Å². The Morgan fingerprint density at radius 1 is 1.22 bits per heavy atom. The second-order valence-electron chi connectivity index (χ2n) is 5.45. The molecule has 0 saturated carbocycles. The first kappa shape index (κ1) is 15.9. The van der Waals surface area contributed by atoms with Crippen LogP contribution < -0.4 is 0 Å². The van der Waals surface area contributed by atoms with Gasteiger partial charge in [-0.1, -0.05) is 36.4 Å². The smallest absolute Gasteiger partial charge is 0.209 e. The highest BCUT2D eigenvalue weighted by molar-refractivity contribution is 7.13. The number of aromatic nitrogens is 1. The molecule has 0 fully saturated rings. The van der Waals surface area contributed by atoms with E-state index in [2.05, 4.69) is 22.0 Å². The largest absolute Gasteiger partial charge is 0.438 e. The summed E-state index contributed by atoms with van der Waals surface area (Å²) in [5.41, 5.74) is 1.19. The van der Waals surface area contributed by atoms with Gasteiger partial charge in [-0.25, -0.2) is 4.98 Å². The molecule has 2 aromatic heterocycles. The molecule has 0 spiro atoms. The van der Waals surface area contributed by atoms with Gasteiger partial charge in [0.1, 0.15) is 0 Å². The van der Waals surface area contributed by atoms with E-state index in [1.807, 2.05) is 42.8 Å². The summed E-state index contributed by atoms with van der Waals surface area (Å²) in [6, 6.07) is 14.4. The van der Waals surface area contributed by atoms with Gasteiger partial charge in [0.15, 0.2) is 5.76 Å². The lowest BCUT2D eigenvalue weighted by atomic mass is 10.0. The van der Waals surface area contributed by atoms with Gasteiger partial charge in [0, 0.05) is 12.6 Å². The monoisotopic (exact) mass is 328 g/mol. The Labute approximate surface area is 140 Å². The molecule has 3 aromatic rings. The first-order chi connectivity index (χ1) is 11.3. The molecule has 0 aliphatic heterocycles. The molecule has 5 heteroatoms. The Balaban J connectivity index is 1.73. The van der Waals surface area contributed by atoms with Crippen LogP contribution in [0.25, 0.3) is 10.6 Å². The summed E-state index contributed by atoms with van der Waals surface area (Å²) in [5.74, 6) is 1.50. The number of hydrogen-bond donors (Lipinski definition) is 1.